The first kappa shape index (κ1) is 76.7. The normalized spacial score (nSPS) is 26.6. The lowest BCUT2D eigenvalue weighted by molar-refractivity contribution is -0.152. The second kappa shape index (κ2) is 33.7. The molecular weight excluding hydrogens is 1200 g/mol. The Bertz CT molecular complexity index is 2800. The van der Waals surface area contributed by atoms with E-state index in [9.17, 15) is 65.9 Å². The van der Waals surface area contributed by atoms with E-state index in [-0.39, 0.29) is 63.3 Å². The Balaban J connectivity index is 1.83. The van der Waals surface area contributed by atoms with Gasteiger partial charge in [-0.1, -0.05) is 104 Å². The number of hydrogen-bond acceptors (Lipinski definition) is 11. The number of aryl methyl sites for hydroxylation is 1. The van der Waals surface area contributed by atoms with Gasteiger partial charge < -0.3 is 55.1 Å². The lowest BCUT2D eigenvalue weighted by Crippen LogP contribution is -2.64. The summed E-state index contributed by atoms with van der Waals surface area (Å²) in [4.78, 5) is 170. The molecule has 4 rings (SSSR count). The van der Waals surface area contributed by atoms with Crippen LogP contribution in [0.3, 0.4) is 0 Å². The molecule has 0 aromatic heterocycles. The van der Waals surface area contributed by atoms with Crippen LogP contribution in [0.5, 0.6) is 0 Å². The number of carbonyl (C=O) groups excluding carboxylic acids is 11. The zero-order valence-electron chi connectivity index (χ0n) is 56.2. The van der Waals surface area contributed by atoms with Crippen LogP contribution in [0.15, 0.2) is 30.9 Å². The molecule has 26 heteroatoms. The van der Waals surface area contributed by atoms with Gasteiger partial charge in [-0.25, -0.2) is 0 Å². The first-order chi connectivity index (χ1) is 42.4. The molecule has 22 nitrogen and oxygen atoms in total. The monoisotopic (exact) mass is 1300 g/mol. The molecule has 0 radical (unpaired) electrons. The number of nitrogens with zero attached hydrogens (tertiary/aromatic N) is 8. The van der Waals surface area contributed by atoms with Crippen molar-refractivity contribution in [3.8, 4) is 0 Å². The van der Waals surface area contributed by atoms with Crippen LogP contribution in [0.25, 0.3) is 0 Å². The molecule has 2 saturated heterocycles. The van der Waals surface area contributed by atoms with E-state index in [0.717, 1.165) is 58.9 Å². The van der Waals surface area contributed by atoms with Gasteiger partial charge in [-0.15, -0.1) is 6.58 Å². The van der Waals surface area contributed by atoms with Crippen molar-refractivity contribution in [2.45, 2.75) is 199 Å². The molecule has 1 aromatic carbocycles. The Morgan fingerprint density at radius 3 is 1.88 bits per heavy atom. The van der Waals surface area contributed by atoms with E-state index in [1.54, 1.807) is 27.7 Å². The SMILES string of the molecule is C=CC[C@]1(C)NC(=O)C2CCCN2C(=O)[C@H](CCc2ccc(C(F)(F)F)c(Cl)c2)NC(=O)CN(C)C(=O)[C@H](CC2CCCCC2)N(C)C(=O)CN(C)C(=O)CN(C)C(=O)[C@H]([C@@H](C)CC)NC(=O)[C@H](CC(C)C)N(C)C(=O)C[C@@H](C)N(C)C(=O)[C@H](C(C)C)N(C)C1=O. The molecule has 1 saturated carbocycles. The highest BCUT2D eigenvalue weighted by Crippen LogP contribution is 2.36. The number of alkyl halides is 3. The topological polar surface area (TPSA) is 250 Å². The average molecular weight is 1310 g/mol. The van der Waals surface area contributed by atoms with Crippen LogP contribution in [0.1, 0.15) is 150 Å². The fourth-order valence-corrected chi connectivity index (χ4v) is 12.7. The van der Waals surface area contributed by atoms with E-state index in [1.807, 2.05) is 20.8 Å². The summed E-state index contributed by atoms with van der Waals surface area (Å²) < 4.78 is 41.3. The van der Waals surface area contributed by atoms with Gasteiger partial charge in [0, 0.05) is 68.3 Å². The van der Waals surface area contributed by atoms with Crippen molar-refractivity contribution in [2.24, 2.45) is 23.7 Å². The van der Waals surface area contributed by atoms with Gasteiger partial charge in [0.05, 0.1) is 30.2 Å². The van der Waals surface area contributed by atoms with Crippen molar-refractivity contribution < 1.29 is 65.9 Å². The van der Waals surface area contributed by atoms with Gasteiger partial charge in [-0.2, -0.15) is 13.2 Å². The third-order valence-corrected chi connectivity index (χ3v) is 18.7. The molecule has 1 aliphatic carbocycles. The van der Waals surface area contributed by atoms with Gasteiger partial charge in [0.15, 0.2) is 0 Å². The number of nitrogens with one attached hydrogen (secondary N) is 3. The fraction of sp³-hybridized carbons (Fsp3) is 0.708. The van der Waals surface area contributed by atoms with Gasteiger partial charge in [-0.3, -0.25) is 52.7 Å². The van der Waals surface area contributed by atoms with Crippen LogP contribution < -0.4 is 16.0 Å². The third kappa shape index (κ3) is 20.4. The van der Waals surface area contributed by atoms with Gasteiger partial charge in [0.25, 0.3) is 0 Å². The van der Waals surface area contributed by atoms with Gasteiger partial charge in [0.2, 0.25) is 65.0 Å². The molecule has 3 fully saturated rings. The molecule has 91 heavy (non-hydrogen) atoms. The summed E-state index contributed by atoms with van der Waals surface area (Å²) in [6.45, 7) is 16.2. The number of rotatable bonds is 12. The maximum absolute atomic E-state index is 15.0. The Hall–Kier alpha value is -6.79. The van der Waals surface area contributed by atoms with Crippen molar-refractivity contribution in [1.82, 2.24) is 55.1 Å². The minimum Gasteiger partial charge on any atom is -0.343 e. The number of fused-ring (bicyclic) bond motifs is 1. The van der Waals surface area contributed by atoms with E-state index in [1.165, 1.54) is 92.9 Å². The molecule has 1 aromatic rings. The maximum Gasteiger partial charge on any atom is 0.417 e. The van der Waals surface area contributed by atoms with E-state index in [2.05, 4.69) is 22.5 Å². The highest BCUT2D eigenvalue weighted by atomic mass is 35.5. The molecule has 0 spiro atoms. The Morgan fingerprint density at radius 1 is 0.703 bits per heavy atom. The number of hydrogen-bond donors (Lipinski definition) is 3. The van der Waals surface area contributed by atoms with Crippen molar-refractivity contribution in [3.05, 3.63) is 47.0 Å². The third-order valence-electron chi connectivity index (χ3n) is 18.4. The van der Waals surface area contributed by atoms with Gasteiger partial charge in [0.1, 0.15) is 41.8 Å². The van der Waals surface area contributed by atoms with Crippen LogP contribution in [0, 0.1) is 23.7 Å². The first-order valence-corrected chi connectivity index (χ1v) is 32.3. The Morgan fingerprint density at radius 2 is 1.31 bits per heavy atom. The first-order valence-electron chi connectivity index (χ1n) is 31.9. The van der Waals surface area contributed by atoms with Crippen LogP contribution >= 0.6 is 11.6 Å². The van der Waals surface area contributed by atoms with Crippen LogP contribution in [-0.2, 0) is 65.3 Å². The summed E-state index contributed by atoms with van der Waals surface area (Å²) in [5.74, 6) is -8.16. The summed E-state index contributed by atoms with van der Waals surface area (Å²) in [7, 11) is 9.97. The predicted octanol–water partition coefficient (Wildman–Crippen LogP) is 5.53. The molecule has 3 N–H and O–H groups in total. The minimum atomic E-state index is -4.75. The van der Waals surface area contributed by atoms with Crippen LogP contribution in [0.4, 0.5) is 13.2 Å². The lowest BCUT2D eigenvalue weighted by Gasteiger charge is -2.40. The van der Waals surface area contributed by atoms with Crippen LogP contribution in [-0.4, -0.2) is 228 Å². The quantitative estimate of drug-likeness (QED) is 0.220. The van der Waals surface area contributed by atoms with E-state index in [0.29, 0.717) is 18.4 Å². The van der Waals surface area contributed by atoms with Crippen LogP contribution in [0.2, 0.25) is 5.02 Å². The zero-order chi connectivity index (χ0) is 68.7. The molecule has 2 heterocycles. The molecule has 9 atom stereocenters. The zero-order valence-corrected chi connectivity index (χ0v) is 56.9. The van der Waals surface area contributed by atoms with Gasteiger partial charge in [-0.05, 0) is 100 Å². The number of benzene rings is 1. The maximum atomic E-state index is 15.0. The minimum absolute atomic E-state index is 0.0235. The molecular formula is C65H101ClF3N11O11. The lowest BCUT2D eigenvalue weighted by atomic mass is 9.84. The number of carbonyl (C=O) groups is 11. The summed E-state index contributed by atoms with van der Waals surface area (Å²) in [6.07, 6.45) is 1.64. The standard InChI is InChI=1S/C65H101ClF3N11O11/c1-17-30-64(9)63(91)79(16)56(40(5)6)62(90)76(13)42(8)33-52(82)77(14)49(32-39(3)4)57(85)71-55(41(7)18-2)61(89)75(12)37-53(83)73(10)38-54(84)78(15)50(35-43-23-20-19-21-24-43)60(88)74(11)36-51(81)70-47(59(87)80-31-22-25-48(80)58(86)72-64)29-27-44-26-28-45(46(66)34-44)65(67,68)69/h17,26,28,34,39-43,47-50,55-56H,1,18-25,27,29-33,35-38H2,2-16H3,(H,70,81)(H,71,85)(H,72,86)/t41-,42+,47-,48?,49-,50-,55-,56-,64-/m0/s1. The highest BCUT2D eigenvalue weighted by Gasteiger charge is 2.46. The van der Waals surface area contributed by atoms with E-state index >= 15 is 0 Å². The van der Waals surface area contributed by atoms with E-state index in [4.69, 9.17) is 11.6 Å². The fourth-order valence-electron chi connectivity index (χ4n) is 12.4. The molecule has 11 amide bonds. The van der Waals surface area contributed by atoms with Crippen molar-refractivity contribution >= 4 is 76.6 Å². The Labute approximate surface area is 541 Å². The van der Waals surface area contributed by atoms with Crippen molar-refractivity contribution in [1.29, 1.82) is 0 Å². The van der Waals surface area contributed by atoms with Crippen molar-refractivity contribution in [3.63, 3.8) is 0 Å². The molecule has 510 valence electrons. The summed E-state index contributed by atoms with van der Waals surface area (Å²) in [5.41, 5.74) is -2.54. The number of halogens is 4. The second-order valence-corrected chi connectivity index (χ2v) is 26.9. The smallest absolute Gasteiger partial charge is 0.343 e. The molecule has 3 aliphatic rings. The summed E-state index contributed by atoms with van der Waals surface area (Å²) in [6, 6.07) is -4.78. The second-order valence-electron chi connectivity index (χ2n) is 26.5. The number of likely N-dealkylation sites (N-methyl/N-ethyl adjacent to an activating group) is 7. The predicted molar refractivity (Wildman–Crippen MR) is 339 cm³/mol. The summed E-state index contributed by atoms with van der Waals surface area (Å²) in [5, 5.41) is 7.88. The average Bonchev–Trinajstić information content (AvgIpc) is 1.97. The summed E-state index contributed by atoms with van der Waals surface area (Å²) >= 11 is 6.10. The van der Waals surface area contributed by atoms with Gasteiger partial charge >= 0.3 is 6.18 Å². The van der Waals surface area contributed by atoms with Crippen molar-refractivity contribution in [2.75, 3.05) is 75.5 Å². The molecule has 0 bridgehead atoms. The highest BCUT2D eigenvalue weighted by molar-refractivity contribution is 6.31. The number of amides is 11. The Kier molecular flexibility index (Phi) is 28.4. The van der Waals surface area contributed by atoms with E-state index < -0.39 is 161 Å². The largest absolute Gasteiger partial charge is 0.417 e. The molecule has 2 aliphatic heterocycles. The molecule has 1 unspecified atom stereocenters.